The van der Waals surface area contributed by atoms with E-state index < -0.39 is 0 Å². The van der Waals surface area contributed by atoms with Crippen LogP contribution in [0.15, 0.2) is 22.7 Å². The van der Waals surface area contributed by atoms with Crippen LogP contribution < -0.4 is 10.1 Å². The molecule has 1 heterocycles. The average molecular weight is 300 g/mol. The zero-order chi connectivity index (χ0) is 12.1. The van der Waals surface area contributed by atoms with Crippen molar-refractivity contribution in [1.82, 2.24) is 5.32 Å². The fourth-order valence-electron chi connectivity index (χ4n) is 2.01. The van der Waals surface area contributed by atoms with Gasteiger partial charge in [0.25, 0.3) is 0 Å². The Labute approximate surface area is 111 Å². The molecule has 0 radical (unpaired) electrons. The van der Waals surface area contributed by atoms with Crippen LogP contribution in [0.5, 0.6) is 5.75 Å². The number of methoxy groups -OCH3 is 1. The molecule has 1 aromatic rings. The SMILES string of the molecule is COc1ccc(CCC2COCCN2)cc1Br. The maximum atomic E-state index is 5.44. The molecule has 0 aliphatic carbocycles. The third-order valence-corrected chi connectivity index (χ3v) is 3.62. The van der Waals surface area contributed by atoms with E-state index in [1.54, 1.807) is 7.11 Å². The minimum atomic E-state index is 0.490. The van der Waals surface area contributed by atoms with E-state index in [0.717, 1.165) is 42.8 Å². The molecule has 94 valence electrons. The van der Waals surface area contributed by atoms with Gasteiger partial charge in [0.2, 0.25) is 0 Å². The number of aryl methyl sites for hydroxylation is 1. The van der Waals surface area contributed by atoms with Crippen molar-refractivity contribution in [2.45, 2.75) is 18.9 Å². The zero-order valence-corrected chi connectivity index (χ0v) is 11.6. The second-order valence-electron chi connectivity index (χ2n) is 4.23. The molecule has 1 N–H and O–H groups in total. The monoisotopic (exact) mass is 299 g/mol. The summed E-state index contributed by atoms with van der Waals surface area (Å²) in [5.74, 6) is 0.882. The minimum Gasteiger partial charge on any atom is -0.496 e. The highest BCUT2D eigenvalue weighted by Crippen LogP contribution is 2.26. The maximum absolute atomic E-state index is 5.44. The van der Waals surface area contributed by atoms with E-state index in [1.807, 2.05) is 6.07 Å². The van der Waals surface area contributed by atoms with Crippen molar-refractivity contribution in [3.05, 3.63) is 28.2 Å². The number of morpholine rings is 1. The van der Waals surface area contributed by atoms with Crippen molar-refractivity contribution in [2.24, 2.45) is 0 Å². The lowest BCUT2D eigenvalue weighted by Gasteiger charge is -2.23. The van der Waals surface area contributed by atoms with Crippen LogP contribution in [0.25, 0.3) is 0 Å². The first-order valence-electron chi connectivity index (χ1n) is 5.93. The molecule has 1 unspecified atom stereocenters. The first kappa shape index (κ1) is 12.9. The molecule has 1 aromatic carbocycles. The number of ether oxygens (including phenoxy) is 2. The van der Waals surface area contributed by atoms with Gasteiger partial charge in [-0.25, -0.2) is 0 Å². The first-order valence-corrected chi connectivity index (χ1v) is 6.72. The van der Waals surface area contributed by atoms with Crippen molar-refractivity contribution in [3.63, 3.8) is 0 Å². The van der Waals surface area contributed by atoms with Gasteiger partial charge in [-0.1, -0.05) is 6.07 Å². The number of nitrogens with one attached hydrogen (secondary N) is 1. The second-order valence-corrected chi connectivity index (χ2v) is 5.09. The van der Waals surface area contributed by atoms with Gasteiger partial charge in [0, 0.05) is 12.6 Å². The quantitative estimate of drug-likeness (QED) is 0.926. The Bertz CT molecular complexity index is 364. The summed E-state index contributed by atoms with van der Waals surface area (Å²) in [6, 6.07) is 6.74. The predicted octanol–water partition coefficient (Wildman–Crippen LogP) is 2.38. The van der Waals surface area contributed by atoms with E-state index in [4.69, 9.17) is 9.47 Å². The number of halogens is 1. The molecule has 0 saturated carbocycles. The molecule has 1 aliphatic rings. The Kier molecular flexibility index (Phi) is 4.83. The van der Waals surface area contributed by atoms with Crippen molar-refractivity contribution >= 4 is 15.9 Å². The molecule has 1 saturated heterocycles. The smallest absolute Gasteiger partial charge is 0.133 e. The molecule has 2 rings (SSSR count). The molecule has 3 nitrogen and oxygen atoms in total. The molecule has 0 aromatic heterocycles. The van der Waals surface area contributed by atoms with Gasteiger partial charge in [-0.15, -0.1) is 0 Å². The lowest BCUT2D eigenvalue weighted by atomic mass is 10.1. The molecule has 1 aliphatic heterocycles. The topological polar surface area (TPSA) is 30.5 Å². The normalized spacial score (nSPS) is 20.2. The van der Waals surface area contributed by atoms with E-state index in [9.17, 15) is 0 Å². The Hall–Kier alpha value is -0.580. The van der Waals surface area contributed by atoms with Gasteiger partial charge in [0.15, 0.2) is 0 Å². The Morgan fingerprint density at radius 2 is 2.41 bits per heavy atom. The summed E-state index contributed by atoms with van der Waals surface area (Å²) in [5, 5.41) is 3.47. The van der Waals surface area contributed by atoms with Gasteiger partial charge < -0.3 is 14.8 Å². The molecule has 4 heteroatoms. The van der Waals surface area contributed by atoms with Gasteiger partial charge >= 0.3 is 0 Å². The van der Waals surface area contributed by atoms with Gasteiger partial charge in [-0.05, 0) is 46.5 Å². The van der Waals surface area contributed by atoms with Gasteiger partial charge in [0.1, 0.15) is 5.75 Å². The average Bonchev–Trinajstić information content (AvgIpc) is 2.38. The lowest BCUT2D eigenvalue weighted by molar-refractivity contribution is 0.0743. The Balaban J connectivity index is 1.87. The summed E-state index contributed by atoms with van der Waals surface area (Å²) in [4.78, 5) is 0. The van der Waals surface area contributed by atoms with Gasteiger partial charge in [0.05, 0.1) is 24.8 Å². The van der Waals surface area contributed by atoms with Crippen LogP contribution in [0.4, 0.5) is 0 Å². The summed E-state index contributed by atoms with van der Waals surface area (Å²) in [7, 11) is 1.68. The van der Waals surface area contributed by atoms with Crippen LogP contribution in [0.2, 0.25) is 0 Å². The first-order chi connectivity index (χ1) is 8.29. The van der Waals surface area contributed by atoms with E-state index >= 15 is 0 Å². The molecular weight excluding hydrogens is 282 g/mol. The van der Waals surface area contributed by atoms with E-state index in [1.165, 1.54) is 5.56 Å². The van der Waals surface area contributed by atoms with Crippen LogP contribution >= 0.6 is 15.9 Å². The molecule has 1 atom stereocenters. The molecule has 0 spiro atoms. The summed E-state index contributed by atoms with van der Waals surface area (Å²) in [5.41, 5.74) is 1.32. The highest BCUT2D eigenvalue weighted by molar-refractivity contribution is 9.10. The maximum Gasteiger partial charge on any atom is 0.133 e. The number of hydrogen-bond acceptors (Lipinski definition) is 3. The summed E-state index contributed by atoms with van der Waals surface area (Å²) in [6.45, 7) is 2.64. The predicted molar refractivity (Wildman–Crippen MR) is 71.6 cm³/mol. The largest absolute Gasteiger partial charge is 0.496 e. The molecule has 17 heavy (non-hydrogen) atoms. The van der Waals surface area contributed by atoms with Crippen molar-refractivity contribution in [2.75, 3.05) is 26.9 Å². The lowest BCUT2D eigenvalue weighted by Crippen LogP contribution is -2.41. The van der Waals surface area contributed by atoms with Crippen LogP contribution in [-0.2, 0) is 11.2 Å². The third kappa shape index (κ3) is 3.69. The highest BCUT2D eigenvalue weighted by atomic mass is 79.9. The minimum absolute atomic E-state index is 0.490. The fraction of sp³-hybridized carbons (Fsp3) is 0.538. The molecule has 0 bridgehead atoms. The number of benzene rings is 1. The molecule has 0 amide bonds. The van der Waals surface area contributed by atoms with Crippen LogP contribution in [-0.4, -0.2) is 32.9 Å². The van der Waals surface area contributed by atoms with Crippen molar-refractivity contribution < 1.29 is 9.47 Å². The van der Waals surface area contributed by atoms with Crippen molar-refractivity contribution in [3.8, 4) is 5.75 Å². The van der Waals surface area contributed by atoms with E-state index in [-0.39, 0.29) is 0 Å². The Morgan fingerprint density at radius 3 is 3.06 bits per heavy atom. The molecular formula is C13H18BrNO2. The Morgan fingerprint density at radius 1 is 1.53 bits per heavy atom. The fourth-order valence-corrected chi connectivity index (χ4v) is 2.60. The number of hydrogen-bond donors (Lipinski definition) is 1. The van der Waals surface area contributed by atoms with Crippen LogP contribution in [0.1, 0.15) is 12.0 Å². The van der Waals surface area contributed by atoms with Crippen LogP contribution in [0.3, 0.4) is 0 Å². The zero-order valence-electron chi connectivity index (χ0n) is 10.0. The number of rotatable bonds is 4. The third-order valence-electron chi connectivity index (χ3n) is 3.00. The van der Waals surface area contributed by atoms with E-state index in [0.29, 0.717) is 6.04 Å². The summed E-state index contributed by atoms with van der Waals surface area (Å²) < 4.78 is 11.7. The van der Waals surface area contributed by atoms with Crippen LogP contribution in [0, 0.1) is 0 Å². The van der Waals surface area contributed by atoms with Gasteiger partial charge in [-0.3, -0.25) is 0 Å². The van der Waals surface area contributed by atoms with E-state index in [2.05, 4.69) is 33.4 Å². The second kappa shape index (κ2) is 6.38. The summed E-state index contributed by atoms with van der Waals surface area (Å²) >= 11 is 3.51. The van der Waals surface area contributed by atoms with Crippen molar-refractivity contribution in [1.29, 1.82) is 0 Å². The standard InChI is InChI=1S/C13H18BrNO2/c1-16-13-5-3-10(8-12(13)14)2-4-11-9-17-7-6-15-11/h3,5,8,11,15H,2,4,6-7,9H2,1H3. The highest BCUT2D eigenvalue weighted by Gasteiger charge is 2.12. The van der Waals surface area contributed by atoms with Gasteiger partial charge in [-0.2, -0.15) is 0 Å². The summed E-state index contributed by atoms with van der Waals surface area (Å²) in [6.07, 6.45) is 2.17. The molecule has 1 fully saturated rings.